The van der Waals surface area contributed by atoms with Crippen LogP contribution in [0, 0.1) is 0 Å². The van der Waals surface area contributed by atoms with E-state index in [9.17, 15) is 9.90 Å². The van der Waals surface area contributed by atoms with Crippen LogP contribution in [0.2, 0.25) is 0 Å². The summed E-state index contributed by atoms with van der Waals surface area (Å²) in [6.45, 7) is 0. The molecule has 1 N–H and O–H groups in total. The lowest BCUT2D eigenvalue weighted by Crippen LogP contribution is -2.30. The van der Waals surface area contributed by atoms with Crippen LogP contribution in [-0.4, -0.2) is 16.9 Å². The van der Waals surface area contributed by atoms with Gasteiger partial charge >= 0.3 is 5.97 Å². The van der Waals surface area contributed by atoms with Crippen molar-refractivity contribution in [3.05, 3.63) is 77.9 Å². The van der Waals surface area contributed by atoms with Crippen LogP contribution in [0.5, 0.6) is 0 Å². The van der Waals surface area contributed by atoms with Crippen molar-refractivity contribution in [3.63, 3.8) is 0 Å². The van der Waals surface area contributed by atoms with E-state index in [2.05, 4.69) is 0 Å². The van der Waals surface area contributed by atoms with E-state index in [1.165, 1.54) is 6.08 Å². The molecule has 2 aromatic carbocycles. The van der Waals surface area contributed by atoms with Gasteiger partial charge in [0.05, 0.1) is 5.57 Å². The van der Waals surface area contributed by atoms with Crippen molar-refractivity contribution in [1.29, 1.82) is 0 Å². The molecule has 0 aromatic heterocycles. The highest BCUT2D eigenvalue weighted by atomic mass is 16.7. The fourth-order valence-electron chi connectivity index (χ4n) is 2.32. The summed E-state index contributed by atoms with van der Waals surface area (Å²) < 4.78 is 5.14. The molecule has 0 saturated heterocycles. The van der Waals surface area contributed by atoms with Crippen molar-refractivity contribution < 1.29 is 14.6 Å². The molecule has 0 amide bonds. The molecule has 0 spiro atoms. The van der Waals surface area contributed by atoms with Crippen LogP contribution in [0.25, 0.3) is 5.57 Å². The zero-order chi connectivity index (χ0) is 14.0. The summed E-state index contributed by atoms with van der Waals surface area (Å²) >= 11 is 0. The number of carbonyl (C=O) groups excluding carboxylic acids is 1. The molecule has 100 valence electrons. The van der Waals surface area contributed by atoms with E-state index in [0.29, 0.717) is 5.57 Å². The molecule has 0 radical (unpaired) electrons. The number of esters is 1. The summed E-state index contributed by atoms with van der Waals surface area (Å²) in [6, 6.07) is 18.7. The predicted molar refractivity (Wildman–Crippen MR) is 75.6 cm³/mol. The van der Waals surface area contributed by atoms with Gasteiger partial charge in [-0.15, -0.1) is 0 Å². The van der Waals surface area contributed by atoms with Gasteiger partial charge in [-0.05, 0) is 11.1 Å². The predicted octanol–water partition coefficient (Wildman–Crippen LogP) is 2.56. The Labute approximate surface area is 117 Å². The third-order valence-corrected chi connectivity index (χ3v) is 3.24. The average Bonchev–Trinajstić information content (AvgIpc) is 2.76. The fraction of sp³-hybridized carbons (Fsp3) is 0.118. The molecule has 1 aliphatic rings. The average molecular weight is 266 g/mol. The maximum atomic E-state index is 11.9. The minimum Gasteiger partial charge on any atom is -0.425 e. The summed E-state index contributed by atoms with van der Waals surface area (Å²) in [6.07, 6.45) is 1.74. The van der Waals surface area contributed by atoms with Gasteiger partial charge in [-0.3, -0.25) is 0 Å². The van der Waals surface area contributed by atoms with Crippen LogP contribution in [0.1, 0.15) is 11.1 Å². The molecule has 1 aliphatic heterocycles. The molecule has 3 heteroatoms. The second kappa shape index (κ2) is 4.94. The van der Waals surface area contributed by atoms with Gasteiger partial charge in [0.1, 0.15) is 0 Å². The van der Waals surface area contributed by atoms with Gasteiger partial charge in [-0.1, -0.05) is 60.7 Å². The first-order valence-electron chi connectivity index (χ1n) is 6.44. The lowest BCUT2D eigenvalue weighted by molar-refractivity contribution is -0.176. The number of aliphatic hydroxyl groups is 1. The van der Waals surface area contributed by atoms with E-state index in [1.807, 2.05) is 60.7 Å². The van der Waals surface area contributed by atoms with Crippen molar-refractivity contribution in [3.8, 4) is 0 Å². The summed E-state index contributed by atoms with van der Waals surface area (Å²) in [5, 5.41) is 10.4. The first-order chi connectivity index (χ1) is 9.66. The van der Waals surface area contributed by atoms with Crippen LogP contribution < -0.4 is 0 Å². The van der Waals surface area contributed by atoms with Crippen LogP contribution in [0.15, 0.2) is 66.7 Å². The van der Waals surface area contributed by atoms with Crippen LogP contribution in [0.4, 0.5) is 0 Å². The molecule has 1 unspecified atom stereocenters. The number of rotatable bonds is 3. The Balaban J connectivity index is 1.89. The van der Waals surface area contributed by atoms with E-state index in [-0.39, 0.29) is 6.42 Å². The van der Waals surface area contributed by atoms with Gasteiger partial charge in [0.2, 0.25) is 5.79 Å². The van der Waals surface area contributed by atoms with Gasteiger partial charge in [0.25, 0.3) is 0 Å². The summed E-state index contributed by atoms with van der Waals surface area (Å²) in [7, 11) is 0. The minimum absolute atomic E-state index is 0.246. The molecule has 20 heavy (non-hydrogen) atoms. The number of carbonyl (C=O) groups is 1. The van der Waals surface area contributed by atoms with Gasteiger partial charge in [-0.25, -0.2) is 4.79 Å². The maximum Gasteiger partial charge on any atom is 0.341 e. The van der Waals surface area contributed by atoms with Crippen molar-refractivity contribution in [2.75, 3.05) is 0 Å². The SMILES string of the molecule is O=C1OC(O)(Cc2ccccc2)C=C1c1ccccc1. The van der Waals surface area contributed by atoms with E-state index in [4.69, 9.17) is 4.74 Å². The second-order valence-corrected chi connectivity index (χ2v) is 4.82. The first kappa shape index (κ1) is 12.6. The molecule has 0 fully saturated rings. The largest absolute Gasteiger partial charge is 0.425 e. The van der Waals surface area contributed by atoms with E-state index >= 15 is 0 Å². The van der Waals surface area contributed by atoms with Crippen molar-refractivity contribution in [1.82, 2.24) is 0 Å². The number of cyclic esters (lactones) is 1. The monoisotopic (exact) mass is 266 g/mol. The molecule has 3 nitrogen and oxygen atoms in total. The molecule has 0 bridgehead atoms. The van der Waals surface area contributed by atoms with E-state index in [1.54, 1.807) is 0 Å². The Morgan fingerprint density at radius 3 is 2.20 bits per heavy atom. The number of benzene rings is 2. The highest BCUT2D eigenvalue weighted by Gasteiger charge is 2.38. The zero-order valence-corrected chi connectivity index (χ0v) is 10.8. The van der Waals surface area contributed by atoms with Crippen molar-refractivity contribution in [2.24, 2.45) is 0 Å². The maximum absolute atomic E-state index is 11.9. The lowest BCUT2D eigenvalue weighted by atomic mass is 10.0. The zero-order valence-electron chi connectivity index (χ0n) is 10.8. The third kappa shape index (κ3) is 2.49. The standard InChI is InChI=1S/C17H14O3/c18-16-15(14-9-5-2-6-10-14)12-17(19,20-16)11-13-7-3-1-4-8-13/h1-10,12,19H,11H2. The lowest BCUT2D eigenvalue weighted by Gasteiger charge is -2.19. The Morgan fingerprint density at radius 2 is 1.55 bits per heavy atom. The molecule has 3 rings (SSSR count). The highest BCUT2D eigenvalue weighted by molar-refractivity contribution is 6.18. The third-order valence-electron chi connectivity index (χ3n) is 3.24. The normalized spacial score (nSPS) is 21.4. The van der Waals surface area contributed by atoms with Gasteiger partial charge in [0, 0.05) is 12.5 Å². The fourth-order valence-corrected chi connectivity index (χ4v) is 2.32. The molecule has 1 atom stereocenters. The van der Waals surface area contributed by atoms with Crippen molar-refractivity contribution in [2.45, 2.75) is 12.2 Å². The summed E-state index contributed by atoms with van der Waals surface area (Å²) in [5.41, 5.74) is 2.07. The van der Waals surface area contributed by atoms with E-state index < -0.39 is 11.8 Å². The highest BCUT2D eigenvalue weighted by Crippen LogP contribution is 2.31. The van der Waals surface area contributed by atoms with Crippen molar-refractivity contribution >= 4 is 11.5 Å². The second-order valence-electron chi connectivity index (χ2n) is 4.82. The van der Waals surface area contributed by atoms with Crippen LogP contribution >= 0.6 is 0 Å². The molecule has 0 saturated carbocycles. The van der Waals surface area contributed by atoms with Crippen LogP contribution in [0.3, 0.4) is 0 Å². The quantitative estimate of drug-likeness (QED) is 0.868. The van der Waals surface area contributed by atoms with Gasteiger partial charge in [-0.2, -0.15) is 0 Å². The molecular formula is C17H14O3. The van der Waals surface area contributed by atoms with Gasteiger partial charge < -0.3 is 9.84 Å². The molecular weight excluding hydrogens is 252 g/mol. The summed E-state index contributed by atoms with van der Waals surface area (Å²) in [4.78, 5) is 11.9. The Hall–Kier alpha value is -2.39. The number of hydrogen-bond donors (Lipinski definition) is 1. The Kier molecular flexibility index (Phi) is 3.12. The van der Waals surface area contributed by atoms with Gasteiger partial charge in [0.15, 0.2) is 0 Å². The topological polar surface area (TPSA) is 46.5 Å². The molecule has 2 aromatic rings. The Bertz CT molecular complexity index is 646. The minimum atomic E-state index is -1.57. The Morgan fingerprint density at radius 1 is 0.950 bits per heavy atom. The number of hydrogen-bond acceptors (Lipinski definition) is 3. The molecule has 1 heterocycles. The van der Waals surface area contributed by atoms with E-state index in [0.717, 1.165) is 11.1 Å². The van der Waals surface area contributed by atoms with Crippen LogP contribution in [-0.2, 0) is 16.0 Å². The molecule has 0 aliphatic carbocycles. The summed E-state index contributed by atoms with van der Waals surface area (Å²) in [5.74, 6) is -2.06. The first-order valence-corrected chi connectivity index (χ1v) is 6.44. The smallest absolute Gasteiger partial charge is 0.341 e. The number of ether oxygens (including phenoxy) is 1.